The van der Waals surface area contributed by atoms with Gasteiger partial charge in [-0.2, -0.15) is 0 Å². The van der Waals surface area contributed by atoms with Crippen LogP contribution in [0.3, 0.4) is 0 Å². The number of allylic oxidation sites excluding steroid dienone is 2. The van der Waals surface area contributed by atoms with E-state index in [1.807, 2.05) is 11.3 Å². The molecule has 0 spiro atoms. The van der Waals surface area contributed by atoms with E-state index in [0.29, 0.717) is 29.7 Å². The molecule has 9 atom stereocenters. The zero-order valence-electron chi connectivity index (χ0n) is 27.4. The third-order valence-electron chi connectivity index (χ3n) is 15.3. The van der Waals surface area contributed by atoms with Crippen molar-refractivity contribution in [2.45, 2.75) is 143 Å². The smallest absolute Gasteiger partial charge is 0.310 e. The normalized spacial score (nSPS) is 46.3. The van der Waals surface area contributed by atoms with Crippen LogP contribution in [0.5, 0.6) is 0 Å². The Hall–Kier alpha value is -1.36. The molecular formula is C37H56N2O2S. The highest BCUT2D eigenvalue weighted by Crippen LogP contribution is 2.75. The first-order chi connectivity index (χ1) is 19.8. The van der Waals surface area contributed by atoms with Gasteiger partial charge in [0.2, 0.25) is 0 Å². The lowest BCUT2D eigenvalue weighted by Gasteiger charge is -2.70. The summed E-state index contributed by atoms with van der Waals surface area (Å²) in [7, 11) is 0. The topological polar surface area (TPSA) is 62.2 Å². The van der Waals surface area contributed by atoms with Gasteiger partial charge in [-0.25, -0.2) is 4.98 Å². The van der Waals surface area contributed by atoms with Gasteiger partial charge in [0.25, 0.3) is 0 Å². The highest BCUT2D eigenvalue weighted by Gasteiger charge is 2.69. The second-order valence-corrected chi connectivity index (χ2v) is 18.4. The fraction of sp³-hybridized carbons (Fsp3) is 0.838. The van der Waals surface area contributed by atoms with Crippen LogP contribution < -0.4 is 5.32 Å². The van der Waals surface area contributed by atoms with Gasteiger partial charge in [-0.05, 0) is 110 Å². The summed E-state index contributed by atoms with van der Waals surface area (Å²) in [5.41, 5.74) is 2.91. The molecule has 232 valence electrons. The van der Waals surface area contributed by atoms with E-state index in [1.54, 1.807) is 5.57 Å². The number of hydrogen-bond acceptors (Lipinski definition) is 4. The second kappa shape index (κ2) is 9.57. The molecule has 0 bridgehead atoms. The number of aliphatic carboxylic acids is 1. The van der Waals surface area contributed by atoms with Crippen molar-refractivity contribution in [3.63, 3.8) is 0 Å². The maximum Gasteiger partial charge on any atom is 0.310 e. The largest absolute Gasteiger partial charge is 0.481 e. The predicted molar refractivity (Wildman–Crippen MR) is 173 cm³/mol. The molecule has 0 radical (unpaired) electrons. The average Bonchev–Trinajstić information content (AvgIpc) is 3.34. The standard InChI is InChI=1S/C37H56N2O2S/c1-22-15-18-37(31(40)41)20-19-35(6)25(29(37)23(22)2)13-14-28-34(5)21-26-30(33(3,4)27(34)16-17-36(28,35)7)39-32(42-26)38-24-11-9-8-10-12-24/h13,22-24,27-29H,8-12,14-21H2,1-7H3,(H,38,39)(H,40,41)/t22-,23+,27+,28-,29+,34+,35-,36-,37+/m1/s1. The number of carbonyl (C=O) groups is 1. The Balaban J connectivity index is 1.27. The van der Waals surface area contributed by atoms with E-state index >= 15 is 0 Å². The van der Waals surface area contributed by atoms with Crippen LogP contribution in [0.4, 0.5) is 5.13 Å². The van der Waals surface area contributed by atoms with Crippen LogP contribution in [0, 0.1) is 51.2 Å². The summed E-state index contributed by atoms with van der Waals surface area (Å²) < 4.78 is 0. The van der Waals surface area contributed by atoms with Crippen LogP contribution in [0.15, 0.2) is 11.6 Å². The number of nitrogens with zero attached hydrogens (tertiary/aromatic N) is 1. The van der Waals surface area contributed by atoms with Gasteiger partial charge in [0.15, 0.2) is 5.13 Å². The van der Waals surface area contributed by atoms with Crippen molar-refractivity contribution in [3.8, 4) is 0 Å². The van der Waals surface area contributed by atoms with E-state index in [1.165, 1.54) is 60.6 Å². The third kappa shape index (κ3) is 3.76. The molecule has 1 aromatic rings. The first-order valence-electron chi connectivity index (χ1n) is 17.5. The first-order valence-corrected chi connectivity index (χ1v) is 18.3. The molecule has 7 rings (SSSR count). The summed E-state index contributed by atoms with van der Waals surface area (Å²) in [6, 6.07) is 0.589. The second-order valence-electron chi connectivity index (χ2n) is 17.3. The molecule has 4 nitrogen and oxygen atoms in total. The minimum Gasteiger partial charge on any atom is -0.481 e. The van der Waals surface area contributed by atoms with Gasteiger partial charge >= 0.3 is 5.97 Å². The van der Waals surface area contributed by atoms with E-state index in [-0.39, 0.29) is 27.6 Å². The van der Waals surface area contributed by atoms with Crippen LogP contribution in [-0.2, 0) is 16.6 Å². The maximum absolute atomic E-state index is 13.0. The van der Waals surface area contributed by atoms with Crippen molar-refractivity contribution in [2.24, 2.45) is 51.2 Å². The van der Waals surface area contributed by atoms with Crippen LogP contribution in [0.1, 0.15) is 136 Å². The number of thiazole rings is 1. The summed E-state index contributed by atoms with van der Waals surface area (Å²) in [4.78, 5) is 19.9. The quantitative estimate of drug-likeness (QED) is 0.343. The lowest BCUT2D eigenvalue weighted by atomic mass is 9.33. The molecule has 4 fully saturated rings. The Bertz CT molecular complexity index is 1290. The van der Waals surface area contributed by atoms with Gasteiger partial charge < -0.3 is 10.4 Å². The zero-order valence-corrected chi connectivity index (χ0v) is 28.3. The van der Waals surface area contributed by atoms with Gasteiger partial charge in [0.1, 0.15) is 0 Å². The number of rotatable bonds is 3. The first kappa shape index (κ1) is 29.4. The number of carboxylic acids is 1. The van der Waals surface area contributed by atoms with Crippen molar-refractivity contribution < 1.29 is 9.90 Å². The van der Waals surface area contributed by atoms with E-state index in [2.05, 4.69) is 59.9 Å². The molecule has 2 N–H and O–H groups in total. The molecule has 42 heavy (non-hydrogen) atoms. The number of anilines is 1. The fourth-order valence-electron chi connectivity index (χ4n) is 12.6. The zero-order chi connectivity index (χ0) is 29.9. The molecule has 0 amide bonds. The molecular weight excluding hydrogens is 536 g/mol. The molecule has 6 aliphatic carbocycles. The summed E-state index contributed by atoms with van der Waals surface area (Å²) >= 11 is 1.96. The van der Waals surface area contributed by atoms with Crippen LogP contribution in [0.2, 0.25) is 0 Å². The molecule has 0 unspecified atom stereocenters. The Morgan fingerprint density at radius 3 is 2.40 bits per heavy atom. The number of nitrogens with one attached hydrogen (secondary N) is 1. The van der Waals surface area contributed by atoms with Crippen LogP contribution >= 0.6 is 11.3 Å². The van der Waals surface area contributed by atoms with Crippen molar-refractivity contribution in [2.75, 3.05) is 5.32 Å². The van der Waals surface area contributed by atoms with Gasteiger partial charge in [-0.3, -0.25) is 4.79 Å². The molecule has 0 aliphatic heterocycles. The van der Waals surface area contributed by atoms with Crippen LogP contribution in [-0.4, -0.2) is 22.1 Å². The lowest BCUT2D eigenvalue weighted by molar-refractivity contribution is -0.179. The monoisotopic (exact) mass is 592 g/mol. The number of hydrogen-bond donors (Lipinski definition) is 2. The van der Waals surface area contributed by atoms with E-state index in [9.17, 15) is 9.90 Å². The fourth-order valence-corrected chi connectivity index (χ4v) is 14.0. The molecule has 6 aliphatic rings. The van der Waals surface area contributed by atoms with Gasteiger partial charge in [-0.15, -0.1) is 11.3 Å². The van der Waals surface area contributed by atoms with E-state index in [0.717, 1.165) is 38.5 Å². The van der Waals surface area contributed by atoms with E-state index in [4.69, 9.17) is 4.98 Å². The minimum atomic E-state index is -0.562. The molecule has 0 saturated heterocycles. The summed E-state index contributed by atoms with van der Waals surface area (Å²) in [6.45, 7) is 17.6. The Morgan fingerprint density at radius 2 is 1.69 bits per heavy atom. The predicted octanol–water partition coefficient (Wildman–Crippen LogP) is 9.64. The van der Waals surface area contributed by atoms with E-state index < -0.39 is 11.4 Å². The Labute approximate surface area is 258 Å². The van der Waals surface area contributed by atoms with Gasteiger partial charge in [-0.1, -0.05) is 79.4 Å². The lowest BCUT2D eigenvalue weighted by Crippen LogP contribution is -2.65. The Morgan fingerprint density at radius 1 is 0.952 bits per heavy atom. The highest BCUT2D eigenvalue weighted by atomic mass is 32.1. The van der Waals surface area contributed by atoms with Crippen molar-refractivity contribution >= 4 is 22.4 Å². The SMILES string of the molecule is C[C@H]1[C@H](C)CC[C@]2(C(=O)O)CC[C@]3(C)C(=CC[C@@H]4[C@@]5(C)Cc6sc(NC7CCCCC7)nc6C(C)(C)[C@@H]5CC[C@]43C)[C@H]12. The van der Waals surface area contributed by atoms with Crippen molar-refractivity contribution in [3.05, 3.63) is 22.2 Å². The molecule has 1 heterocycles. The third-order valence-corrected chi connectivity index (χ3v) is 16.3. The van der Waals surface area contributed by atoms with Crippen LogP contribution in [0.25, 0.3) is 0 Å². The van der Waals surface area contributed by atoms with Gasteiger partial charge in [0.05, 0.1) is 11.1 Å². The number of fused-ring (bicyclic) bond motifs is 8. The Kier molecular flexibility index (Phi) is 6.69. The molecule has 5 heteroatoms. The number of carboxylic acid groups (broad SMARTS) is 1. The van der Waals surface area contributed by atoms with Crippen molar-refractivity contribution in [1.29, 1.82) is 0 Å². The van der Waals surface area contributed by atoms with Gasteiger partial charge in [0, 0.05) is 16.3 Å². The summed E-state index contributed by atoms with van der Waals surface area (Å²) in [6.07, 6.45) is 17.8. The minimum absolute atomic E-state index is 0.0654. The summed E-state index contributed by atoms with van der Waals surface area (Å²) in [5, 5.41) is 15.8. The molecule has 4 saturated carbocycles. The molecule has 1 aromatic heterocycles. The molecule has 0 aromatic carbocycles. The highest BCUT2D eigenvalue weighted by molar-refractivity contribution is 7.15. The number of aromatic nitrogens is 1. The average molecular weight is 593 g/mol. The summed E-state index contributed by atoms with van der Waals surface area (Å²) in [5.74, 6) is 1.90. The van der Waals surface area contributed by atoms with Crippen molar-refractivity contribution in [1.82, 2.24) is 4.98 Å². The maximum atomic E-state index is 13.0.